The number of rotatable bonds is 4. The molecule has 0 radical (unpaired) electrons. The van der Waals surface area contributed by atoms with Crippen molar-refractivity contribution >= 4 is 17.9 Å². The number of aldehydes is 1. The van der Waals surface area contributed by atoms with Crippen LogP contribution in [0.2, 0.25) is 5.02 Å². The first kappa shape index (κ1) is 13.7. The maximum Gasteiger partial charge on any atom is 0.172 e. The second-order valence-corrected chi connectivity index (χ2v) is 5.05. The van der Waals surface area contributed by atoms with Crippen LogP contribution in [0.5, 0.6) is 0 Å². The summed E-state index contributed by atoms with van der Waals surface area (Å²) in [6.45, 7) is 4.06. The topological polar surface area (TPSA) is 47.8 Å². The summed E-state index contributed by atoms with van der Waals surface area (Å²) in [5.41, 5.74) is 1.59. The van der Waals surface area contributed by atoms with Crippen molar-refractivity contribution < 1.29 is 9.18 Å². The van der Waals surface area contributed by atoms with Crippen molar-refractivity contribution in [2.45, 2.75) is 20.3 Å². The molecule has 2 aromatic rings. The van der Waals surface area contributed by atoms with Gasteiger partial charge in [0.2, 0.25) is 0 Å². The van der Waals surface area contributed by atoms with E-state index in [0.717, 1.165) is 0 Å². The van der Waals surface area contributed by atoms with Gasteiger partial charge in [0.25, 0.3) is 0 Å². The van der Waals surface area contributed by atoms with Gasteiger partial charge in [0.05, 0.1) is 16.4 Å². The van der Waals surface area contributed by atoms with Crippen LogP contribution in [0.3, 0.4) is 0 Å². The minimum atomic E-state index is -0.494. The van der Waals surface area contributed by atoms with E-state index in [2.05, 4.69) is 10.3 Å². The number of carbonyl (C=O) groups excluding carboxylic acids is 1. The predicted octanol–water partition coefficient (Wildman–Crippen LogP) is 3.07. The van der Waals surface area contributed by atoms with Gasteiger partial charge in [-0.25, -0.2) is 9.07 Å². The van der Waals surface area contributed by atoms with Crippen molar-refractivity contribution in [2.24, 2.45) is 5.92 Å². The Morgan fingerprint density at radius 3 is 2.79 bits per heavy atom. The van der Waals surface area contributed by atoms with Crippen molar-refractivity contribution in [2.75, 3.05) is 0 Å². The summed E-state index contributed by atoms with van der Waals surface area (Å²) in [6.07, 6.45) is 1.32. The SMILES string of the molecule is CC(C)Cc1c(C=O)nnn1-c1ccc(F)c(Cl)c1. The van der Waals surface area contributed by atoms with Gasteiger partial charge in [-0.3, -0.25) is 4.79 Å². The van der Waals surface area contributed by atoms with Crippen molar-refractivity contribution in [3.05, 3.63) is 40.4 Å². The van der Waals surface area contributed by atoms with E-state index in [1.807, 2.05) is 13.8 Å². The van der Waals surface area contributed by atoms with Crippen LogP contribution in [0, 0.1) is 11.7 Å². The standard InChI is InChI=1S/C13H13ClFN3O/c1-8(2)5-13-12(7-19)16-17-18(13)9-3-4-11(15)10(14)6-9/h3-4,6-8H,5H2,1-2H3. The number of carbonyl (C=O) groups is 1. The molecule has 0 aliphatic heterocycles. The second kappa shape index (κ2) is 5.48. The van der Waals surface area contributed by atoms with E-state index in [1.165, 1.54) is 16.8 Å². The average Bonchev–Trinajstić information content (AvgIpc) is 2.75. The number of hydrogen-bond donors (Lipinski definition) is 0. The summed E-state index contributed by atoms with van der Waals surface area (Å²) >= 11 is 5.76. The lowest BCUT2D eigenvalue weighted by Gasteiger charge is -2.09. The van der Waals surface area contributed by atoms with Crippen LogP contribution >= 0.6 is 11.6 Å². The van der Waals surface area contributed by atoms with E-state index in [0.29, 0.717) is 35.7 Å². The largest absolute Gasteiger partial charge is 0.296 e. The summed E-state index contributed by atoms with van der Waals surface area (Å²) in [5.74, 6) is -0.154. The molecule has 1 aromatic carbocycles. The van der Waals surface area contributed by atoms with Crippen molar-refractivity contribution in [3.8, 4) is 5.69 Å². The zero-order valence-corrected chi connectivity index (χ0v) is 11.4. The van der Waals surface area contributed by atoms with Gasteiger partial charge >= 0.3 is 0 Å². The Labute approximate surface area is 115 Å². The van der Waals surface area contributed by atoms with Gasteiger partial charge in [0, 0.05) is 0 Å². The van der Waals surface area contributed by atoms with Gasteiger partial charge in [0.1, 0.15) is 11.5 Å². The molecule has 1 heterocycles. The Morgan fingerprint density at radius 2 is 2.21 bits per heavy atom. The smallest absolute Gasteiger partial charge is 0.172 e. The Morgan fingerprint density at radius 1 is 1.47 bits per heavy atom. The van der Waals surface area contributed by atoms with E-state index in [4.69, 9.17) is 11.6 Å². The predicted molar refractivity (Wildman–Crippen MR) is 70.3 cm³/mol. The molecule has 0 atom stereocenters. The summed E-state index contributed by atoms with van der Waals surface area (Å²) in [6, 6.07) is 4.28. The summed E-state index contributed by atoms with van der Waals surface area (Å²) in [5, 5.41) is 7.77. The highest BCUT2D eigenvalue weighted by atomic mass is 35.5. The molecule has 0 spiro atoms. The number of benzene rings is 1. The van der Waals surface area contributed by atoms with E-state index in [-0.39, 0.29) is 5.02 Å². The average molecular weight is 282 g/mol. The fourth-order valence-electron chi connectivity index (χ4n) is 1.81. The molecule has 0 aliphatic rings. The molecular weight excluding hydrogens is 269 g/mol. The first-order valence-corrected chi connectivity index (χ1v) is 6.26. The Bertz CT molecular complexity index is 610. The van der Waals surface area contributed by atoms with E-state index in [1.54, 1.807) is 6.07 Å². The van der Waals surface area contributed by atoms with E-state index in [9.17, 15) is 9.18 Å². The van der Waals surface area contributed by atoms with Gasteiger partial charge in [0.15, 0.2) is 6.29 Å². The molecule has 0 aliphatic carbocycles. The summed E-state index contributed by atoms with van der Waals surface area (Å²) in [4.78, 5) is 11.0. The fourth-order valence-corrected chi connectivity index (χ4v) is 1.98. The van der Waals surface area contributed by atoms with Gasteiger partial charge in [-0.05, 0) is 30.5 Å². The number of nitrogens with zero attached hydrogens (tertiary/aromatic N) is 3. The molecule has 0 unspecified atom stereocenters. The number of hydrogen-bond acceptors (Lipinski definition) is 3. The minimum absolute atomic E-state index is 0.0103. The third kappa shape index (κ3) is 2.81. The second-order valence-electron chi connectivity index (χ2n) is 4.65. The van der Waals surface area contributed by atoms with Crippen LogP contribution in [0.1, 0.15) is 30.0 Å². The van der Waals surface area contributed by atoms with Gasteiger partial charge in [-0.2, -0.15) is 0 Å². The molecule has 100 valence electrons. The van der Waals surface area contributed by atoms with Crippen molar-refractivity contribution in [1.29, 1.82) is 0 Å². The monoisotopic (exact) mass is 281 g/mol. The molecular formula is C13H13ClFN3O. The highest BCUT2D eigenvalue weighted by Crippen LogP contribution is 2.21. The molecule has 4 nitrogen and oxygen atoms in total. The Hall–Kier alpha value is -1.75. The molecule has 0 bridgehead atoms. The molecule has 2 rings (SSSR count). The van der Waals surface area contributed by atoms with Gasteiger partial charge in [-0.15, -0.1) is 5.10 Å². The fraction of sp³-hybridized carbons (Fsp3) is 0.308. The van der Waals surface area contributed by atoms with Gasteiger partial charge in [-0.1, -0.05) is 30.7 Å². The van der Waals surface area contributed by atoms with E-state index < -0.39 is 5.82 Å². The van der Waals surface area contributed by atoms with Crippen LogP contribution in [-0.4, -0.2) is 21.3 Å². The van der Waals surface area contributed by atoms with Crippen LogP contribution in [-0.2, 0) is 6.42 Å². The lowest BCUT2D eigenvalue weighted by atomic mass is 10.1. The first-order chi connectivity index (χ1) is 9.02. The summed E-state index contributed by atoms with van der Waals surface area (Å²) < 4.78 is 14.7. The van der Waals surface area contributed by atoms with Crippen molar-refractivity contribution in [3.63, 3.8) is 0 Å². The van der Waals surface area contributed by atoms with Crippen LogP contribution in [0.15, 0.2) is 18.2 Å². The highest BCUT2D eigenvalue weighted by Gasteiger charge is 2.15. The lowest BCUT2D eigenvalue weighted by Crippen LogP contribution is -2.07. The van der Waals surface area contributed by atoms with Crippen LogP contribution in [0.4, 0.5) is 4.39 Å². The molecule has 0 saturated heterocycles. The number of aromatic nitrogens is 3. The molecule has 0 amide bonds. The van der Waals surface area contributed by atoms with Gasteiger partial charge < -0.3 is 0 Å². The highest BCUT2D eigenvalue weighted by molar-refractivity contribution is 6.30. The molecule has 0 N–H and O–H groups in total. The zero-order chi connectivity index (χ0) is 14.0. The molecule has 6 heteroatoms. The Kier molecular flexibility index (Phi) is 3.95. The quantitative estimate of drug-likeness (QED) is 0.809. The molecule has 0 saturated carbocycles. The Balaban J connectivity index is 2.51. The maximum atomic E-state index is 13.2. The van der Waals surface area contributed by atoms with E-state index >= 15 is 0 Å². The molecule has 0 fully saturated rings. The van der Waals surface area contributed by atoms with Crippen molar-refractivity contribution in [1.82, 2.24) is 15.0 Å². The molecule has 1 aromatic heterocycles. The lowest BCUT2D eigenvalue weighted by molar-refractivity contribution is 0.111. The third-order valence-electron chi connectivity index (χ3n) is 2.65. The van der Waals surface area contributed by atoms with Crippen LogP contribution < -0.4 is 0 Å². The maximum absolute atomic E-state index is 13.2. The normalized spacial score (nSPS) is 11.0. The minimum Gasteiger partial charge on any atom is -0.296 e. The zero-order valence-electron chi connectivity index (χ0n) is 10.6. The van der Waals surface area contributed by atoms with Crippen LogP contribution in [0.25, 0.3) is 5.69 Å². The first-order valence-electron chi connectivity index (χ1n) is 5.88. The third-order valence-corrected chi connectivity index (χ3v) is 2.94. The summed E-state index contributed by atoms with van der Waals surface area (Å²) in [7, 11) is 0. The number of halogens is 2. The molecule has 19 heavy (non-hydrogen) atoms.